The minimum absolute atomic E-state index is 0. The van der Waals surface area contributed by atoms with E-state index in [1.807, 2.05) is 30.3 Å². The van der Waals surface area contributed by atoms with Gasteiger partial charge in [0, 0.05) is 0 Å². The van der Waals surface area contributed by atoms with Crippen LogP contribution in [-0.4, -0.2) is 0 Å². The smallest absolute Gasteiger partial charge is 0.358 e. The van der Waals surface area contributed by atoms with E-state index in [9.17, 15) is 0 Å². The molecule has 0 N–H and O–H groups in total. The van der Waals surface area contributed by atoms with Gasteiger partial charge >= 0.3 is 26.2 Å². The molecule has 0 heterocycles. The first-order valence-electron chi connectivity index (χ1n) is 4.74. The first-order chi connectivity index (χ1) is 6.97. The molecule has 17 heavy (non-hydrogen) atoms. The second-order valence-electron chi connectivity index (χ2n) is 3.12. The molecule has 0 nitrogen and oxygen atoms in total. The van der Waals surface area contributed by atoms with Gasteiger partial charge in [-0.05, 0) is 0 Å². The third-order valence-corrected chi connectivity index (χ3v) is 2.10. The van der Waals surface area contributed by atoms with Crippen molar-refractivity contribution in [2.24, 2.45) is 0 Å². The molecular formula is C16H18Zr. The van der Waals surface area contributed by atoms with Gasteiger partial charge in [0.25, 0.3) is 0 Å². The molecule has 3 rings (SSSR count). The Kier molecular flexibility index (Phi) is 11.1. The molecular weight excluding hydrogens is 283 g/mol. The van der Waals surface area contributed by atoms with Gasteiger partial charge in [0.05, 0.1) is 0 Å². The van der Waals surface area contributed by atoms with Crippen LogP contribution in [0.2, 0.25) is 0 Å². The molecule has 0 bridgehead atoms. The van der Waals surface area contributed by atoms with Crippen molar-refractivity contribution in [2.75, 3.05) is 0 Å². The molecule has 1 heteroatoms. The van der Waals surface area contributed by atoms with Crippen LogP contribution in [0.1, 0.15) is 0 Å². The summed E-state index contributed by atoms with van der Waals surface area (Å²) in [6.07, 6.45) is 0. The molecule has 86 valence electrons. The van der Waals surface area contributed by atoms with Crippen LogP contribution in [0.25, 0.3) is 10.8 Å². The van der Waals surface area contributed by atoms with Gasteiger partial charge in [-0.3, -0.25) is 0 Å². The van der Waals surface area contributed by atoms with E-state index in [-0.39, 0.29) is 41.1 Å². The van der Waals surface area contributed by atoms with Gasteiger partial charge in [-0.25, -0.2) is 12.1 Å². The minimum Gasteiger partial charge on any atom is -0.358 e. The van der Waals surface area contributed by atoms with E-state index in [4.69, 9.17) is 0 Å². The summed E-state index contributed by atoms with van der Waals surface area (Å²) in [7, 11) is 0. The Bertz CT molecular complexity index is 415. The van der Waals surface area contributed by atoms with Crippen LogP contribution in [0.4, 0.5) is 0 Å². The van der Waals surface area contributed by atoms with Gasteiger partial charge in [-0.2, -0.15) is 35.7 Å². The maximum atomic E-state index is 2.12. The van der Waals surface area contributed by atoms with Gasteiger partial charge < -0.3 is 14.9 Å². The normalized spacial score (nSPS) is 7.76. The summed E-state index contributed by atoms with van der Waals surface area (Å²) in [5, 5.41) is 2.66. The topological polar surface area (TPSA) is 0 Å². The van der Waals surface area contributed by atoms with Gasteiger partial charge in [0.1, 0.15) is 0 Å². The van der Waals surface area contributed by atoms with Gasteiger partial charge in [-0.1, -0.05) is 6.07 Å². The van der Waals surface area contributed by atoms with Crippen molar-refractivity contribution >= 4 is 10.8 Å². The van der Waals surface area contributed by atoms with E-state index in [0.29, 0.717) is 0 Å². The Morgan fingerprint density at radius 3 is 1.88 bits per heavy atom. The van der Waals surface area contributed by atoms with Crippen molar-refractivity contribution in [3.8, 4) is 0 Å². The van der Waals surface area contributed by atoms with Crippen molar-refractivity contribution in [3.05, 3.63) is 87.6 Å². The first-order valence-corrected chi connectivity index (χ1v) is 4.74. The minimum atomic E-state index is 0. The first kappa shape index (κ1) is 18.4. The maximum absolute atomic E-state index is 2.12. The molecule has 0 saturated heterocycles. The van der Waals surface area contributed by atoms with Crippen LogP contribution in [0.5, 0.6) is 0 Å². The molecule has 0 radical (unpaired) electrons. The number of hydrogen-bond acceptors (Lipinski definition) is 0. The molecule has 0 aromatic heterocycles. The summed E-state index contributed by atoms with van der Waals surface area (Å²) in [6.45, 7) is 0. The van der Waals surface area contributed by atoms with Crippen LogP contribution < -0.4 is 0 Å². The fraction of sp³-hybridized carbons (Fsp3) is 0. The summed E-state index contributed by atoms with van der Waals surface area (Å²) in [4.78, 5) is 0. The van der Waals surface area contributed by atoms with E-state index < -0.39 is 0 Å². The van der Waals surface area contributed by atoms with E-state index in [0.717, 1.165) is 0 Å². The fourth-order valence-corrected chi connectivity index (χ4v) is 1.39. The molecule has 0 spiro atoms. The van der Waals surface area contributed by atoms with E-state index >= 15 is 0 Å². The van der Waals surface area contributed by atoms with Crippen molar-refractivity contribution in [1.82, 2.24) is 0 Å². The summed E-state index contributed by atoms with van der Waals surface area (Å²) in [5.41, 5.74) is 0. The number of benzene rings is 1. The number of hydrogen-bond donors (Lipinski definition) is 0. The predicted molar refractivity (Wildman–Crippen MR) is 74.4 cm³/mol. The van der Waals surface area contributed by atoms with E-state index in [2.05, 4.69) is 42.5 Å². The summed E-state index contributed by atoms with van der Waals surface area (Å²) in [6, 6.07) is 24.7. The molecule has 0 amide bonds. The Morgan fingerprint density at radius 2 is 1.35 bits per heavy atom. The van der Waals surface area contributed by atoms with Crippen molar-refractivity contribution < 1.29 is 26.2 Å². The van der Waals surface area contributed by atoms with Gasteiger partial charge in [-0.15, -0.1) is 29.7 Å². The SMILES string of the molecule is [CH3-].[CH3-].[Zr+4].c1cc[cH-]c1.c1ccc2[cH-]ccc2c1. The molecule has 0 aliphatic rings. The second-order valence-corrected chi connectivity index (χ2v) is 3.12. The Hall–Kier alpha value is -0.937. The zero-order valence-corrected chi connectivity index (χ0v) is 12.9. The zero-order chi connectivity index (χ0) is 9.64. The van der Waals surface area contributed by atoms with Gasteiger partial charge in [0.15, 0.2) is 0 Å². The Labute approximate surface area is 124 Å². The third kappa shape index (κ3) is 5.79. The van der Waals surface area contributed by atoms with Crippen molar-refractivity contribution in [2.45, 2.75) is 0 Å². The third-order valence-electron chi connectivity index (χ3n) is 2.10. The summed E-state index contributed by atoms with van der Waals surface area (Å²) >= 11 is 0. The summed E-state index contributed by atoms with van der Waals surface area (Å²) < 4.78 is 0. The fourth-order valence-electron chi connectivity index (χ4n) is 1.39. The van der Waals surface area contributed by atoms with E-state index in [1.165, 1.54) is 10.8 Å². The molecule has 0 fully saturated rings. The van der Waals surface area contributed by atoms with Crippen LogP contribution in [0.15, 0.2) is 72.8 Å². The largest absolute Gasteiger partial charge is 4.00 e. The monoisotopic (exact) mass is 300 g/mol. The summed E-state index contributed by atoms with van der Waals surface area (Å²) in [5.74, 6) is 0. The number of rotatable bonds is 0. The maximum Gasteiger partial charge on any atom is 4.00 e. The van der Waals surface area contributed by atoms with Crippen LogP contribution in [-0.2, 0) is 26.2 Å². The Morgan fingerprint density at radius 1 is 0.706 bits per heavy atom. The van der Waals surface area contributed by atoms with Crippen LogP contribution >= 0.6 is 0 Å². The molecule has 0 aliphatic heterocycles. The van der Waals surface area contributed by atoms with Crippen LogP contribution in [0.3, 0.4) is 0 Å². The Balaban J connectivity index is 0. The van der Waals surface area contributed by atoms with Crippen LogP contribution in [0, 0.1) is 14.9 Å². The molecule has 0 aliphatic carbocycles. The standard InChI is InChI=1S/C9H7.C5H5.2CH3.Zr/c1-2-5-9-7-3-6-8(9)4-1;1-2-4-5-3-1;;;/h1-7H;1-5H;2*1H3;/q4*-1;+4. The van der Waals surface area contributed by atoms with Gasteiger partial charge in [0.2, 0.25) is 0 Å². The molecule has 0 unspecified atom stereocenters. The molecule has 0 atom stereocenters. The molecule has 3 aromatic carbocycles. The predicted octanol–water partition coefficient (Wildman–Crippen LogP) is 4.86. The molecule has 0 saturated carbocycles. The quantitative estimate of drug-likeness (QED) is 0.520. The molecule has 3 aromatic rings. The number of fused-ring (bicyclic) bond motifs is 1. The van der Waals surface area contributed by atoms with Crippen molar-refractivity contribution in [1.29, 1.82) is 0 Å². The van der Waals surface area contributed by atoms with E-state index in [1.54, 1.807) is 0 Å². The van der Waals surface area contributed by atoms with Crippen molar-refractivity contribution in [3.63, 3.8) is 0 Å². The average molecular weight is 302 g/mol. The average Bonchev–Trinajstić information content (AvgIpc) is 2.92. The zero-order valence-electron chi connectivity index (χ0n) is 10.4. The second kappa shape index (κ2) is 10.2.